The minimum absolute atomic E-state index is 0.556. The molecule has 0 fully saturated rings. The number of allylic oxidation sites excluding steroid dienone is 3. The van der Waals surface area contributed by atoms with Crippen LogP contribution in [0.1, 0.15) is 31.9 Å². The summed E-state index contributed by atoms with van der Waals surface area (Å²) < 4.78 is 0. The Hall–Kier alpha value is -1.50. The van der Waals surface area contributed by atoms with Crippen LogP contribution in [0.25, 0.3) is 5.70 Å². The van der Waals surface area contributed by atoms with E-state index in [1.54, 1.807) is 0 Å². The third kappa shape index (κ3) is 3.58. The van der Waals surface area contributed by atoms with Gasteiger partial charge < -0.3 is 5.73 Å². The van der Waals surface area contributed by atoms with E-state index in [2.05, 4.69) is 45.9 Å². The summed E-state index contributed by atoms with van der Waals surface area (Å²) in [5.41, 5.74) is 10.5. The Balaban J connectivity index is 2.98. The summed E-state index contributed by atoms with van der Waals surface area (Å²) >= 11 is 0. The molecule has 1 aromatic rings. The Morgan fingerprint density at radius 2 is 1.88 bits per heavy atom. The van der Waals surface area contributed by atoms with Crippen molar-refractivity contribution in [2.75, 3.05) is 0 Å². The minimum Gasteiger partial charge on any atom is -0.398 e. The van der Waals surface area contributed by atoms with Gasteiger partial charge in [0.25, 0.3) is 0 Å². The highest BCUT2D eigenvalue weighted by Gasteiger charge is 2.00. The Bertz CT molecular complexity index is 411. The van der Waals surface area contributed by atoms with Crippen molar-refractivity contribution in [3.05, 3.63) is 53.1 Å². The molecule has 0 heterocycles. The molecule has 1 heteroatoms. The molecule has 86 valence electrons. The van der Waals surface area contributed by atoms with Crippen molar-refractivity contribution in [3.8, 4) is 0 Å². The van der Waals surface area contributed by atoms with Crippen LogP contribution in [-0.2, 0) is 0 Å². The molecular formula is C15H21N. The molecule has 0 aromatic heterocycles. The topological polar surface area (TPSA) is 26.0 Å². The van der Waals surface area contributed by atoms with E-state index in [1.807, 2.05) is 18.2 Å². The summed E-state index contributed by atoms with van der Waals surface area (Å²) in [5.74, 6) is 0.556. The second-order valence-corrected chi connectivity index (χ2v) is 4.57. The molecule has 0 atom stereocenters. The van der Waals surface area contributed by atoms with Crippen LogP contribution in [-0.4, -0.2) is 0 Å². The van der Waals surface area contributed by atoms with Crippen LogP contribution in [0, 0.1) is 12.8 Å². The van der Waals surface area contributed by atoms with Crippen LogP contribution in [0.5, 0.6) is 0 Å². The highest BCUT2D eigenvalue weighted by Crippen LogP contribution is 2.16. The lowest BCUT2D eigenvalue weighted by molar-refractivity contribution is 0.825. The van der Waals surface area contributed by atoms with Gasteiger partial charge in [-0.25, -0.2) is 0 Å². The molecule has 1 nitrogen and oxygen atoms in total. The first-order chi connectivity index (χ1) is 7.50. The molecular weight excluding hydrogens is 194 g/mol. The van der Waals surface area contributed by atoms with Gasteiger partial charge in [-0.15, -0.1) is 0 Å². The van der Waals surface area contributed by atoms with Crippen molar-refractivity contribution in [2.45, 2.75) is 27.7 Å². The second kappa shape index (κ2) is 5.55. The van der Waals surface area contributed by atoms with Gasteiger partial charge in [-0.2, -0.15) is 0 Å². The predicted molar refractivity (Wildman–Crippen MR) is 71.9 cm³/mol. The lowest BCUT2D eigenvalue weighted by Gasteiger charge is -2.06. The molecule has 1 rings (SSSR count). The molecule has 0 amide bonds. The standard InChI is InChI=1S/C15H21N/c1-11(2)9-12(3)10-15(16)14-8-6-5-7-13(14)4/h5-11H,16H2,1-4H3/b12-9-,15-10-. The van der Waals surface area contributed by atoms with Crippen LogP contribution in [0.3, 0.4) is 0 Å². The maximum atomic E-state index is 6.09. The third-order valence-electron chi connectivity index (χ3n) is 2.44. The van der Waals surface area contributed by atoms with E-state index in [9.17, 15) is 0 Å². The Morgan fingerprint density at radius 3 is 2.44 bits per heavy atom. The molecule has 0 saturated carbocycles. The Labute approximate surface area is 98.7 Å². The average molecular weight is 215 g/mol. The SMILES string of the molecule is CC(=C/C(C)C)/C=C(\N)c1ccccc1C. The highest BCUT2D eigenvalue weighted by atomic mass is 14.6. The predicted octanol–water partition coefficient (Wildman–Crippen LogP) is 3.90. The normalized spacial score (nSPS) is 13.3. The maximum absolute atomic E-state index is 6.09. The van der Waals surface area contributed by atoms with Crippen LogP contribution in [0.2, 0.25) is 0 Å². The monoisotopic (exact) mass is 215 g/mol. The zero-order valence-electron chi connectivity index (χ0n) is 10.6. The lowest BCUT2D eigenvalue weighted by atomic mass is 10.0. The molecule has 0 radical (unpaired) electrons. The van der Waals surface area contributed by atoms with Gasteiger partial charge in [0.1, 0.15) is 0 Å². The lowest BCUT2D eigenvalue weighted by Crippen LogP contribution is -1.99. The highest BCUT2D eigenvalue weighted by molar-refractivity contribution is 5.67. The van der Waals surface area contributed by atoms with Crippen molar-refractivity contribution in [1.82, 2.24) is 0 Å². The zero-order valence-corrected chi connectivity index (χ0v) is 10.6. The van der Waals surface area contributed by atoms with E-state index in [0.717, 1.165) is 11.3 Å². The summed E-state index contributed by atoms with van der Waals surface area (Å²) in [6, 6.07) is 8.19. The number of hydrogen-bond donors (Lipinski definition) is 1. The fourth-order valence-corrected chi connectivity index (χ4v) is 1.79. The smallest absolute Gasteiger partial charge is 0.0392 e. The average Bonchev–Trinajstić information content (AvgIpc) is 2.16. The summed E-state index contributed by atoms with van der Waals surface area (Å²) in [4.78, 5) is 0. The van der Waals surface area contributed by atoms with E-state index >= 15 is 0 Å². The largest absolute Gasteiger partial charge is 0.398 e. The molecule has 2 N–H and O–H groups in total. The van der Waals surface area contributed by atoms with Gasteiger partial charge in [0.15, 0.2) is 0 Å². The molecule has 0 aliphatic heterocycles. The maximum Gasteiger partial charge on any atom is 0.0392 e. The summed E-state index contributed by atoms with van der Waals surface area (Å²) in [7, 11) is 0. The van der Waals surface area contributed by atoms with E-state index < -0.39 is 0 Å². The third-order valence-corrected chi connectivity index (χ3v) is 2.44. The van der Waals surface area contributed by atoms with Gasteiger partial charge in [-0.1, -0.05) is 49.8 Å². The minimum atomic E-state index is 0.556. The summed E-state index contributed by atoms with van der Waals surface area (Å²) in [6.45, 7) is 8.51. The molecule has 0 saturated heterocycles. The van der Waals surface area contributed by atoms with E-state index in [4.69, 9.17) is 5.73 Å². The van der Waals surface area contributed by atoms with Crippen LogP contribution in [0.4, 0.5) is 0 Å². The number of benzene rings is 1. The molecule has 0 unspecified atom stereocenters. The fraction of sp³-hybridized carbons (Fsp3) is 0.333. The zero-order chi connectivity index (χ0) is 12.1. The number of nitrogens with two attached hydrogens (primary N) is 1. The van der Waals surface area contributed by atoms with E-state index in [0.29, 0.717) is 5.92 Å². The Morgan fingerprint density at radius 1 is 1.25 bits per heavy atom. The number of rotatable bonds is 3. The number of aryl methyl sites for hydroxylation is 1. The van der Waals surface area contributed by atoms with Crippen molar-refractivity contribution in [1.29, 1.82) is 0 Å². The molecule has 0 aliphatic rings. The van der Waals surface area contributed by atoms with Crippen LogP contribution in [0.15, 0.2) is 42.0 Å². The van der Waals surface area contributed by atoms with E-state index in [1.165, 1.54) is 11.1 Å². The molecule has 1 aromatic carbocycles. The first kappa shape index (κ1) is 12.6. The summed E-state index contributed by atoms with van der Waals surface area (Å²) in [5, 5.41) is 0. The molecule has 0 spiro atoms. The van der Waals surface area contributed by atoms with Crippen molar-refractivity contribution < 1.29 is 0 Å². The van der Waals surface area contributed by atoms with Gasteiger partial charge in [0, 0.05) is 11.3 Å². The van der Waals surface area contributed by atoms with Crippen molar-refractivity contribution >= 4 is 5.70 Å². The number of hydrogen-bond acceptors (Lipinski definition) is 1. The molecule has 16 heavy (non-hydrogen) atoms. The van der Waals surface area contributed by atoms with Crippen LogP contribution >= 0.6 is 0 Å². The van der Waals surface area contributed by atoms with Gasteiger partial charge in [0.2, 0.25) is 0 Å². The first-order valence-corrected chi connectivity index (χ1v) is 5.72. The van der Waals surface area contributed by atoms with Crippen molar-refractivity contribution in [2.24, 2.45) is 11.7 Å². The second-order valence-electron chi connectivity index (χ2n) is 4.57. The van der Waals surface area contributed by atoms with Gasteiger partial charge >= 0.3 is 0 Å². The molecule has 0 aliphatic carbocycles. The van der Waals surface area contributed by atoms with Gasteiger partial charge in [-0.3, -0.25) is 0 Å². The van der Waals surface area contributed by atoms with Crippen molar-refractivity contribution in [3.63, 3.8) is 0 Å². The van der Waals surface area contributed by atoms with Crippen LogP contribution < -0.4 is 5.73 Å². The molecule has 0 bridgehead atoms. The van der Waals surface area contributed by atoms with Gasteiger partial charge in [0.05, 0.1) is 0 Å². The Kier molecular flexibility index (Phi) is 4.36. The summed E-state index contributed by atoms with van der Waals surface area (Å²) in [6.07, 6.45) is 4.26. The van der Waals surface area contributed by atoms with E-state index in [-0.39, 0.29) is 0 Å². The quantitative estimate of drug-likeness (QED) is 0.760. The first-order valence-electron chi connectivity index (χ1n) is 5.72. The van der Waals surface area contributed by atoms with Gasteiger partial charge in [-0.05, 0) is 31.4 Å². The fourth-order valence-electron chi connectivity index (χ4n) is 1.79.